The number of esters is 3. The second kappa shape index (κ2) is 16.4. The SMILES string of the molecule is C=CC(=O)OCCCCCCOc1ccc(C(=C)Cc2ccc(OC(=O)c3ccc(OC(=O)C=C)cc3)c(C)c2)cc1. The summed E-state index contributed by atoms with van der Waals surface area (Å²) in [6.07, 6.45) is 6.61. The third-order valence-corrected chi connectivity index (χ3v) is 6.32. The molecule has 0 aromatic heterocycles. The number of hydrogen-bond acceptors (Lipinski definition) is 7. The molecule has 42 heavy (non-hydrogen) atoms. The van der Waals surface area contributed by atoms with Gasteiger partial charge >= 0.3 is 17.9 Å². The third kappa shape index (κ3) is 10.2. The van der Waals surface area contributed by atoms with Gasteiger partial charge in [0.05, 0.1) is 18.8 Å². The molecule has 0 radical (unpaired) electrons. The lowest BCUT2D eigenvalue weighted by Gasteiger charge is -2.12. The fourth-order valence-electron chi connectivity index (χ4n) is 4.03. The van der Waals surface area contributed by atoms with Gasteiger partial charge in [-0.05, 0) is 104 Å². The van der Waals surface area contributed by atoms with Crippen LogP contribution in [0.5, 0.6) is 17.2 Å². The van der Waals surface area contributed by atoms with Crippen molar-refractivity contribution in [3.05, 3.63) is 121 Å². The van der Waals surface area contributed by atoms with E-state index in [4.69, 9.17) is 18.9 Å². The van der Waals surface area contributed by atoms with E-state index in [1.165, 1.54) is 30.3 Å². The number of hydrogen-bond donors (Lipinski definition) is 0. The zero-order valence-corrected chi connectivity index (χ0v) is 23.9. The largest absolute Gasteiger partial charge is 0.494 e. The average molecular weight is 569 g/mol. The molecule has 0 aliphatic carbocycles. The molecule has 0 spiro atoms. The van der Waals surface area contributed by atoms with Crippen molar-refractivity contribution >= 4 is 23.5 Å². The van der Waals surface area contributed by atoms with Crippen molar-refractivity contribution in [2.24, 2.45) is 0 Å². The number of benzene rings is 3. The molecule has 3 aromatic carbocycles. The Balaban J connectivity index is 1.43. The maximum Gasteiger partial charge on any atom is 0.343 e. The minimum Gasteiger partial charge on any atom is -0.494 e. The van der Waals surface area contributed by atoms with Crippen LogP contribution in [0.2, 0.25) is 0 Å². The summed E-state index contributed by atoms with van der Waals surface area (Å²) >= 11 is 0. The number of carbonyl (C=O) groups excluding carboxylic acids is 3. The molecular formula is C35H36O7. The van der Waals surface area contributed by atoms with Crippen LogP contribution in [0.25, 0.3) is 5.57 Å². The highest BCUT2D eigenvalue weighted by molar-refractivity contribution is 5.91. The molecule has 0 N–H and O–H groups in total. The summed E-state index contributed by atoms with van der Waals surface area (Å²) in [5.74, 6) is 0.123. The Bertz CT molecular complexity index is 1400. The van der Waals surface area contributed by atoms with Crippen LogP contribution in [-0.2, 0) is 20.7 Å². The van der Waals surface area contributed by atoms with Gasteiger partial charge in [0.1, 0.15) is 17.2 Å². The van der Waals surface area contributed by atoms with Crippen molar-refractivity contribution in [1.29, 1.82) is 0 Å². The van der Waals surface area contributed by atoms with Crippen LogP contribution in [0.15, 0.2) is 98.6 Å². The smallest absolute Gasteiger partial charge is 0.343 e. The quantitative estimate of drug-likeness (QED) is 0.0779. The summed E-state index contributed by atoms with van der Waals surface area (Å²) in [5.41, 5.74) is 4.19. The standard InChI is InChI=1S/C35H36O7/c1-5-33(36)40-22-10-8-7-9-21-39-30-16-12-28(13-17-30)25(3)23-27-11-20-32(26(4)24-27)42-35(38)29-14-18-31(19-15-29)41-34(37)6-2/h5-6,11-20,24H,1-3,7-10,21-23H2,4H3. The number of aryl methyl sites for hydroxylation is 1. The predicted molar refractivity (Wildman–Crippen MR) is 163 cm³/mol. The van der Waals surface area contributed by atoms with Crippen LogP contribution in [0.4, 0.5) is 0 Å². The molecule has 0 atom stereocenters. The predicted octanol–water partition coefficient (Wildman–Crippen LogP) is 7.23. The maximum absolute atomic E-state index is 12.6. The van der Waals surface area contributed by atoms with Crippen LogP contribution in [0, 0.1) is 6.92 Å². The fraction of sp³-hybridized carbons (Fsp3) is 0.229. The number of allylic oxidation sites excluding steroid dienone is 1. The zero-order chi connectivity index (χ0) is 30.3. The molecule has 0 aliphatic heterocycles. The van der Waals surface area contributed by atoms with Gasteiger partial charge in [0.2, 0.25) is 0 Å². The van der Waals surface area contributed by atoms with Gasteiger partial charge in [-0.1, -0.05) is 44.0 Å². The topological polar surface area (TPSA) is 88.1 Å². The Labute approximate surface area is 247 Å². The average Bonchev–Trinajstić information content (AvgIpc) is 3.00. The molecule has 0 heterocycles. The fourth-order valence-corrected chi connectivity index (χ4v) is 4.03. The molecule has 0 saturated carbocycles. The van der Waals surface area contributed by atoms with Crippen LogP contribution >= 0.6 is 0 Å². The van der Waals surface area contributed by atoms with Crippen LogP contribution in [0.1, 0.15) is 52.7 Å². The van der Waals surface area contributed by atoms with Gasteiger partial charge in [0.25, 0.3) is 0 Å². The molecule has 218 valence electrons. The van der Waals surface area contributed by atoms with E-state index in [0.29, 0.717) is 36.7 Å². The summed E-state index contributed by atoms with van der Waals surface area (Å²) in [4.78, 5) is 34.9. The molecule has 7 heteroatoms. The highest BCUT2D eigenvalue weighted by Crippen LogP contribution is 2.26. The minimum atomic E-state index is -0.573. The van der Waals surface area contributed by atoms with E-state index < -0.39 is 11.9 Å². The first kappa shape index (κ1) is 31.6. The van der Waals surface area contributed by atoms with E-state index in [0.717, 1.165) is 59.8 Å². The summed E-state index contributed by atoms with van der Waals surface area (Å²) in [7, 11) is 0. The Morgan fingerprint density at radius 3 is 1.98 bits per heavy atom. The zero-order valence-electron chi connectivity index (χ0n) is 23.9. The summed E-state index contributed by atoms with van der Waals surface area (Å²) in [6, 6.07) is 19.7. The normalized spacial score (nSPS) is 10.3. The Morgan fingerprint density at radius 1 is 0.714 bits per heavy atom. The lowest BCUT2D eigenvalue weighted by Crippen LogP contribution is -2.10. The molecule has 0 unspecified atom stereocenters. The summed E-state index contributed by atoms with van der Waals surface area (Å²) < 4.78 is 21.4. The van der Waals surface area contributed by atoms with E-state index in [2.05, 4.69) is 19.7 Å². The molecule has 0 fully saturated rings. The lowest BCUT2D eigenvalue weighted by molar-refractivity contribution is -0.137. The number of rotatable bonds is 16. The highest BCUT2D eigenvalue weighted by atomic mass is 16.5. The molecular weight excluding hydrogens is 532 g/mol. The van der Waals surface area contributed by atoms with Crippen molar-refractivity contribution in [1.82, 2.24) is 0 Å². The van der Waals surface area contributed by atoms with E-state index in [1.54, 1.807) is 6.07 Å². The van der Waals surface area contributed by atoms with E-state index >= 15 is 0 Å². The van der Waals surface area contributed by atoms with Crippen LogP contribution in [0.3, 0.4) is 0 Å². The van der Waals surface area contributed by atoms with Crippen molar-refractivity contribution in [2.75, 3.05) is 13.2 Å². The van der Waals surface area contributed by atoms with E-state index in [1.807, 2.05) is 43.3 Å². The van der Waals surface area contributed by atoms with Crippen molar-refractivity contribution in [3.63, 3.8) is 0 Å². The highest BCUT2D eigenvalue weighted by Gasteiger charge is 2.12. The Hall–Kier alpha value is -4.91. The van der Waals surface area contributed by atoms with Crippen LogP contribution in [-0.4, -0.2) is 31.1 Å². The van der Waals surface area contributed by atoms with Gasteiger partial charge in [-0.15, -0.1) is 0 Å². The molecule has 3 aromatic rings. The number of carbonyl (C=O) groups is 3. The molecule has 0 amide bonds. The van der Waals surface area contributed by atoms with Crippen LogP contribution < -0.4 is 14.2 Å². The van der Waals surface area contributed by atoms with Gasteiger partial charge in [-0.3, -0.25) is 0 Å². The first-order valence-corrected chi connectivity index (χ1v) is 13.7. The molecule has 0 bridgehead atoms. The number of unbranched alkanes of at least 4 members (excludes halogenated alkanes) is 3. The molecule has 0 aliphatic rings. The van der Waals surface area contributed by atoms with E-state index in [-0.39, 0.29) is 5.97 Å². The molecule has 0 saturated heterocycles. The second-order valence-electron chi connectivity index (χ2n) is 9.58. The first-order valence-electron chi connectivity index (χ1n) is 13.7. The van der Waals surface area contributed by atoms with Crippen molar-refractivity contribution < 1.29 is 33.3 Å². The van der Waals surface area contributed by atoms with Gasteiger partial charge < -0.3 is 18.9 Å². The molecule has 3 rings (SSSR count). The van der Waals surface area contributed by atoms with Crippen molar-refractivity contribution in [3.8, 4) is 17.2 Å². The first-order chi connectivity index (χ1) is 20.3. The number of ether oxygens (including phenoxy) is 4. The summed E-state index contributed by atoms with van der Waals surface area (Å²) in [6.45, 7) is 13.9. The van der Waals surface area contributed by atoms with Gasteiger partial charge in [-0.2, -0.15) is 0 Å². The Kier molecular flexibility index (Phi) is 12.3. The van der Waals surface area contributed by atoms with Gasteiger partial charge in [0, 0.05) is 12.2 Å². The second-order valence-corrected chi connectivity index (χ2v) is 9.58. The summed E-state index contributed by atoms with van der Waals surface area (Å²) in [5, 5.41) is 0. The van der Waals surface area contributed by atoms with Gasteiger partial charge in [0.15, 0.2) is 0 Å². The Morgan fingerprint density at radius 2 is 1.33 bits per heavy atom. The molecule has 7 nitrogen and oxygen atoms in total. The minimum absolute atomic E-state index is 0.313. The monoisotopic (exact) mass is 568 g/mol. The maximum atomic E-state index is 12.6. The van der Waals surface area contributed by atoms with E-state index in [9.17, 15) is 14.4 Å². The van der Waals surface area contributed by atoms with Gasteiger partial charge in [-0.25, -0.2) is 14.4 Å². The van der Waals surface area contributed by atoms with Crippen molar-refractivity contribution in [2.45, 2.75) is 39.0 Å². The lowest BCUT2D eigenvalue weighted by atomic mass is 9.98. The third-order valence-electron chi connectivity index (χ3n) is 6.32.